The fourth-order valence-corrected chi connectivity index (χ4v) is 10.3. The highest BCUT2D eigenvalue weighted by Crippen LogP contribution is 2.78. The molecular weight excluding hydrogens is 448 g/mol. The second-order valence-corrected chi connectivity index (χ2v) is 14.7. The van der Waals surface area contributed by atoms with Crippen LogP contribution in [-0.2, 0) is 14.2 Å². The second kappa shape index (κ2) is 8.41. The van der Waals surface area contributed by atoms with Crippen molar-refractivity contribution in [3.8, 4) is 0 Å². The van der Waals surface area contributed by atoms with Crippen LogP contribution in [0.25, 0.3) is 0 Å². The Morgan fingerprint density at radius 2 is 1.78 bits per heavy atom. The summed E-state index contributed by atoms with van der Waals surface area (Å²) in [4.78, 5) is 0. The van der Waals surface area contributed by atoms with E-state index in [9.17, 15) is 5.11 Å². The van der Waals surface area contributed by atoms with Crippen LogP contribution in [-0.4, -0.2) is 42.9 Å². The van der Waals surface area contributed by atoms with Crippen LogP contribution in [0.1, 0.15) is 93.4 Å². The SMILES string of the molecule is COC1O[C@]23C=C[C@@H]4[C@@]1(CC[C@]1(C)[C@@H]([C@H](C)C/C=C/C(C)(C)OC)CC[C@@]41C)C2CC[C@H](O)C3(C)C. The number of aliphatic hydroxyl groups is 1. The van der Waals surface area contributed by atoms with Gasteiger partial charge in [0.2, 0.25) is 0 Å². The first-order valence-corrected chi connectivity index (χ1v) is 14.6. The molecule has 4 nitrogen and oxygen atoms in total. The van der Waals surface area contributed by atoms with Crippen molar-refractivity contribution in [2.45, 2.75) is 117 Å². The molecule has 36 heavy (non-hydrogen) atoms. The van der Waals surface area contributed by atoms with Gasteiger partial charge in [0.25, 0.3) is 0 Å². The predicted octanol–water partition coefficient (Wildman–Crippen LogP) is 6.92. The van der Waals surface area contributed by atoms with Crippen LogP contribution < -0.4 is 0 Å². The highest BCUT2D eigenvalue weighted by molar-refractivity contribution is 5.34. The van der Waals surface area contributed by atoms with E-state index in [1.807, 2.05) is 7.11 Å². The molecule has 4 heteroatoms. The molecule has 1 saturated heterocycles. The summed E-state index contributed by atoms with van der Waals surface area (Å²) in [5.41, 5.74) is -0.460. The van der Waals surface area contributed by atoms with E-state index in [0.29, 0.717) is 29.1 Å². The van der Waals surface area contributed by atoms with Crippen molar-refractivity contribution in [3.63, 3.8) is 0 Å². The van der Waals surface area contributed by atoms with Gasteiger partial charge in [-0.1, -0.05) is 58.9 Å². The van der Waals surface area contributed by atoms with E-state index in [-0.39, 0.29) is 34.2 Å². The summed E-state index contributed by atoms with van der Waals surface area (Å²) in [5, 5.41) is 11.0. The summed E-state index contributed by atoms with van der Waals surface area (Å²) in [5.74, 6) is 2.20. The third-order valence-electron chi connectivity index (χ3n) is 12.9. The van der Waals surface area contributed by atoms with Crippen LogP contribution in [0, 0.1) is 45.3 Å². The molecule has 10 atom stereocenters. The fraction of sp³-hybridized carbons (Fsp3) is 0.875. The van der Waals surface area contributed by atoms with Gasteiger partial charge in [0.05, 0.1) is 11.7 Å². The Morgan fingerprint density at radius 3 is 2.44 bits per heavy atom. The van der Waals surface area contributed by atoms with Gasteiger partial charge < -0.3 is 19.3 Å². The van der Waals surface area contributed by atoms with E-state index in [1.165, 1.54) is 19.3 Å². The Morgan fingerprint density at radius 1 is 1.06 bits per heavy atom. The monoisotopic (exact) mass is 500 g/mol. The Balaban J connectivity index is 1.49. The summed E-state index contributed by atoms with van der Waals surface area (Å²) in [6, 6.07) is 0. The average Bonchev–Trinajstić information content (AvgIpc) is 3.20. The maximum atomic E-state index is 11.0. The number of ether oxygens (including phenoxy) is 3. The molecular formula is C32H52O4. The summed E-state index contributed by atoms with van der Waals surface area (Å²) < 4.78 is 18.8. The lowest BCUT2D eigenvalue weighted by Gasteiger charge is -2.65. The van der Waals surface area contributed by atoms with E-state index >= 15 is 0 Å². The molecule has 1 heterocycles. The van der Waals surface area contributed by atoms with Crippen molar-refractivity contribution >= 4 is 0 Å². The molecule has 0 amide bonds. The topological polar surface area (TPSA) is 47.9 Å². The number of hydrogen-bond acceptors (Lipinski definition) is 4. The standard InChI is InChI=1S/C32H52O4/c1-21(11-10-16-27(2,3)35-9)22-14-17-30(7)23-15-18-32-24(12-13-25(33)28(32,4)5)31(23,26(34-8)36-32)20-19-29(22,30)6/h10,15-16,18,21-26,33H,11-14,17,19-20H2,1-9H3/b16-10+/t21-,22-,23+,24?,25+,26?,29-,30+,31+,32-/m1/s1. The third kappa shape index (κ3) is 3.20. The van der Waals surface area contributed by atoms with Crippen LogP contribution >= 0.6 is 0 Å². The third-order valence-corrected chi connectivity index (χ3v) is 12.9. The minimum Gasteiger partial charge on any atom is -0.392 e. The predicted molar refractivity (Wildman–Crippen MR) is 144 cm³/mol. The first kappa shape index (κ1) is 26.9. The maximum absolute atomic E-state index is 11.0. The van der Waals surface area contributed by atoms with Gasteiger partial charge in [-0.2, -0.15) is 0 Å². The molecule has 0 aromatic heterocycles. The molecule has 2 bridgehead atoms. The zero-order valence-corrected chi connectivity index (χ0v) is 24.4. The lowest BCUT2D eigenvalue weighted by Crippen LogP contribution is -2.65. The van der Waals surface area contributed by atoms with Gasteiger partial charge in [-0.05, 0) is 87.4 Å². The van der Waals surface area contributed by atoms with E-state index in [4.69, 9.17) is 14.2 Å². The minimum atomic E-state index is -0.434. The molecule has 204 valence electrons. The largest absolute Gasteiger partial charge is 0.392 e. The van der Waals surface area contributed by atoms with Gasteiger partial charge >= 0.3 is 0 Å². The van der Waals surface area contributed by atoms with Crippen LogP contribution in [0.15, 0.2) is 24.3 Å². The molecule has 1 N–H and O–H groups in total. The molecule has 0 aromatic rings. The maximum Gasteiger partial charge on any atom is 0.164 e. The Kier molecular flexibility index (Phi) is 6.28. The van der Waals surface area contributed by atoms with Crippen molar-refractivity contribution in [3.05, 3.63) is 24.3 Å². The normalized spacial score (nSPS) is 50.1. The highest BCUT2D eigenvalue weighted by atomic mass is 16.7. The van der Waals surface area contributed by atoms with Crippen LogP contribution in [0.4, 0.5) is 0 Å². The molecule has 4 aliphatic carbocycles. The molecule has 4 fully saturated rings. The number of allylic oxidation sites excluding steroid dienone is 2. The first-order valence-electron chi connectivity index (χ1n) is 14.6. The Bertz CT molecular complexity index is 921. The molecule has 0 radical (unpaired) electrons. The van der Waals surface area contributed by atoms with Crippen LogP contribution in [0.5, 0.6) is 0 Å². The zero-order valence-electron chi connectivity index (χ0n) is 24.4. The van der Waals surface area contributed by atoms with Crippen molar-refractivity contribution in [1.82, 2.24) is 0 Å². The van der Waals surface area contributed by atoms with E-state index in [0.717, 1.165) is 25.7 Å². The van der Waals surface area contributed by atoms with Crippen molar-refractivity contribution < 1.29 is 19.3 Å². The lowest BCUT2D eigenvalue weighted by atomic mass is 9.38. The van der Waals surface area contributed by atoms with Gasteiger partial charge in [0.15, 0.2) is 6.29 Å². The summed E-state index contributed by atoms with van der Waals surface area (Å²) in [6.07, 6.45) is 16.9. The molecule has 5 rings (SSSR count). The second-order valence-electron chi connectivity index (χ2n) is 14.7. The quantitative estimate of drug-likeness (QED) is 0.402. The fourth-order valence-electron chi connectivity index (χ4n) is 10.3. The van der Waals surface area contributed by atoms with Crippen molar-refractivity contribution in [1.29, 1.82) is 0 Å². The zero-order chi connectivity index (χ0) is 26.4. The highest BCUT2D eigenvalue weighted by Gasteiger charge is 2.78. The van der Waals surface area contributed by atoms with Crippen molar-refractivity contribution in [2.24, 2.45) is 45.3 Å². The van der Waals surface area contributed by atoms with E-state index in [2.05, 4.69) is 72.8 Å². The van der Waals surface area contributed by atoms with Gasteiger partial charge in [-0.3, -0.25) is 0 Å². The molecule has 3 saturated carbocycles. The molecule has 1 spiro atoms. The first-order chi connectivity index (χ1) is 16.8. The van der Waals surface area contributed by atoms with Crippen LogP contribution in [0.3, 0.4) is 0 Å². The summed E-state index contributed by atoms with van der Waals surface area (Å²) >= 11 is 0. The van der Waals surface area contributed by atoms with E-state index < -0.39 is 5.60 Å². The lowest BCUT2D eigenvalue weighted by molar-refractivity contribution is -0.225. The van der Waals surface area contributed by atoms with E-state index in [1.54, 1.807) is 7.11 Å². The van der Waals surface area contributed by atoms with Gasteiger partial charge in [-0.15, -0.1) is 0 Å². The number of rotatable bonds is 6. The van der Waals surface area contributed by atoms with Gasteiger partial charge in [0, 0.05) is 31.0 Å². The molecule has 5 aliphatic rings. The minimum absolute atomic E-state index is 0.00428. The number of methoxy groups -OCH3 is 2. The van der Waals surface area contributed by atoms with Crippen molar-refractivity contribution in [2.75, 3.05) is 14.2 Å². The molecule has 2 unspecified atom stereocenters. The van der Waals surface area contributed by atoms with Crippen LogP contribution in [0.2, 0.25) is 0 Å². The Labute approximate surface area is 220 Å². The average molecular weight is 501 g/mol. The smallest absolute Gasteiger partial charge is 0.164 e. The van der Waals surface area contributed by atoms with Gasteiger partial charge in [-0.25, -0.2) is 0 Å². The summed E-state index contributed by atoms with van der Waals surface area (Å²) in [7, 11) is 3.63. The summed E-state index contributed by atoms with van der Waals surface area (Å²) in [6.45, 7) is 16.3. The molecule has 0 aromatic carbocycles. The molecule has 1 aliphatic heterocycles. The number of hydrogen-bond donors (Lipinski definition) is 1. The number of aliphatic hydroxyl groups excluding tert-OH is 1. The Hall–Kier alpha value is -0.680. The number of fused-ring (bicyclic) bond motifs is 2. The van der Waals surface area contributed by atoms with Gasteiger partial charge in [0.1, 0.15) is 5.60 Å².